The van der Waals surface area contributed by atoms with Crippen LogP contribution in [-0.4, -0.2) is 37.6 Å². The van der Waals surface area contributed by atoms with E-state index in [1.807, 2.05) is 0 Å². The lowest BCUT2D eigenvalue weighted by atomic mass is 10.1. The molecule has 0 saturated carbocycles. The molecule has 0 amide bonds. The topological polar surface area (TPSA) is 15.3 Å². The average molecular weight is 238 g/mol. The molecule has 0 unspecified atom stereocenters. The Hall–Kier alpha value is -0.930. The van der Waals surface area contributed by atoms with Crippen molar-refractivity contribution in [3.8, 4) is 0 Å². The predicted molar refractivity (Wildman–Crippen MR) is 71.7 cm³/mol. The molecule has 0 aromatic heterocycles. The van der Waals surface area contributed by atoms with Gasteiger partial charge in [-0.05, 0) is 51.6 Å². The van der Waals surface area contributed by atoms with Gasteiger partial charge in [-0.1, -0.05) is 18.7 Å². The minimum absolute atomic E-state index is 0.217. The smallest absolute Gasteiger partial charge is 0.118 e. The monoisotopic (exact) mass is 238 g/mol. The predicted octanol–water partition coefficient (Wildman–Crippen LogP) is 2.66. The minimum atomic E-state index is -0.217. The molecule has 1 N–H and O–H groups in total. The molecular formula is C14H23FN2. The summed E-state index contributed by atoms with van der Waals surface area (Å²) in [5.74, 6) is -0.217. The van der Waals surface area contributed by atoms with Gasteiger partial charge in [-0.3, -0.25) is 0 Å². The Morgan fingerprint density at radius 3 is 2.65 bits per heavy atom. The van der Waals surface area contributed by atoms with Crippen LogP contribution >= 0.6 is 0 Å². The van der Waals surface area contributed by atoms with Gasteiger partial charge < -0.3 is 10.2 Å². The summed E-state index contributed by atoms with van der Waals surface area (Å²) in [6.07, 6.45) is 6.98. The maximum absolute atomic E-state index is 12.8. The van der Waals surface area contributed by atoms with Gasteiger partial charge >= 0.3 is 0 Å². The molecule has 1 heterocycles. The first-order valence-electron chi connectivity index (χ1n) is 6.21. The largest absolute Gasteiger partial charge is 0.310 e. The van der Waals surface area contributed by atoms with Crippen LogP contribution in [0.25, 0.3) is 0 Å². The Morgan fingerprint density at radius 1 is 1.41 bits per heavy atom. The van der Waals surface area contributed by atoms with E-state index in [0.717, 1.165) is 25.2 Å². The molecule has 0 aromatic carbocycles. The van der Waals surface area contributed by atoms with Crippen molar-refractivity contribution in [2.24, 2.45) is 0 Å². The Bertz CT molecular complexity index is 299. The number of nitrogens with one attached hydrogen (secondary N) is 1. The molecule has 1 fully saturated rings. The standard InChI is InChI=1S/C14H23FN2/c1-4-13(15)6-5-12(2)11-16-14-7-9-17(3)10-8-14/h4-6,14,16H,2,7-11H2,1,3H3/b6-5-,13-4+. The van der Waals surface area contributed by atoms with Gasteiger partial charge in [0, 0.05) is 12.6 Å². The van der Waals surface area contributed by atoms with E-state index in [-0.39, 0.29) is 5.83 Å². The number of hydrogen-bond acceptors (Lipinski definition) is 2. The number of hydrogen-bond donors (Lipinski definition) is 1. The van der Waals surface area contributed by atoms with Gasteiger partial charge in [-0.2, -0.15) is 0 Å². The maximum atomic E-state index is 12.8. The Kier molecular flexibility index (Phi) is 6.16. The first kappa shape index (κ1) is 14.1. The van der Waals surface area contributed by atoms with Crippen LogP contribution < -0.4 is 5.32 Å². The third-order valence-electron chi connectivity index (χ3n) is 3.09. The normalized spacial score (nSPS) is 20.1. The van der Waals surface area contributed by atoms with Crippen molar-refractivity contribution in [3.63, 3.8) is 0 Å². The van der Waals surface area contributed by atoms with Crippen molar-refractivity contribution in [2.75, 3.05) is 26.7 Å². The van der Waals surface area contributed by atoms with Crippen molar-refractivity contribution < 1.29 is 4.39 Å². The summed E-state index contributed by atoms with van der Waals surface area (Å²) in [6, 6.07) is 0.572. The summed E-state index contributed by atoms with van der Waals surface area (Å²) in [4.78, 5) is 2.34. The van der Waals surface area contributed by atoms with Gasteiger partial charge in [-0.25, -0.2) is 4.39 Å². The fraction of sp³-hybridized carbons (Fsp3) is 0.571. The average Bonchev–Trinajstić information content (AvgIpc) is 2.35. The van der Waals surface area contributed by atoms with Crippen LogP contribution in [0.1, 0.15) is 19.8 Å². The maximum Gasteiger partial charge on any atom is 0.118 e. The van der Waals surface area contributed by atoms with Crippen LogP contribution in [0.2, 0.25) is 0 Å². The van der Waals surface area contributed by atoms with Crippen LogP contribution in [0.3, 0.4) is 0 Å². The third kappa shape index (κ3) is 5.80. The summed E-state index contributed by atoms with van der Waals surface area (Å²) >= 11 is 0. The number of piperidine rings is 1. The lowest BCUT2D eigenvalue weighted by molar-refractivity contribution is 0.237. The minimum Gasteiger partial charge on any atom is -0.310 e. The van der Waals surface area contributed by atoms with Crippen LogP contribution in [0.5, 0.6) is 0 Å². The van der Waals surface area contributed by atoms with Crippen molar-refractivity contribution in [2.45, 2.75) is 25.8 Å². The van der Waals surface area contributed by atoms with E-state index in [0.29, 0.717) is 6.04 Å². The highest BCUT2D eigenvalue weighted by Gasteiger charge is 2.15. The lowest BCUT2D eigenvalue weighted by Crippen LogP contribution is -2.41. The van der Waals surface area contributed by atoms with Crippen molar-refractivity contribution in [3.05, 3.63) is 36.2 Å². The summed E-state index contributed by atoms with van der Waals surface area (Å²) in [7, 11) is 2.15. The number of allylic oxidation sites excluding steroid dienone is 3. The van der Waals surface area contributed by atoms with Crippen molar-refractivity contribution in [1.29, 1.82) is 0 Å². The Labute approximate surface area is 104 Å². The van der Waals surface area contributed by atoms with E-state index in [2.05, 4.69) is 23.8 Å². The Balaban J connectivity index is 2.22. The van der Waals surface area contributed by atoms with Gasteiger partial charge in [0.15, 0.2) is 0 Å². The van der Waals surface area contributed by atoms with E-state index in [1.165, 1.54) is 25.0 Å². The number of halogens is 1. The molecule has 0 aromatic rings. The van der Waals surface area contributed by atoms with Gasteiger partial charge in [-0.15, -0.1) is 0 Å². The lowest BCUT2D eigenvalue weighted by Gasteiger charge is -2.29. The highest BCUT2D eigenvalue weighted by atomic mass is 19.1. The summed E-state index contributed by atoms with van der Waals surface area (Å²) in [5.41, 5.74) is 0.918. The second kappa shape index (κ2) is 7.41. The second-order valence-electron chi connectivity index (χ2n) is 4.62. The van der Waals surface area contributed by atoms with Gasteiger partial charge in [0.05, 0.1) is 0 Å². The highest BCUT2D eigenvalue weighted by Crippen LogP contribution is 2.08. The van der Waals surface area contributed by atoms with Gasteiger partial charge in [0.2, 0.25) is 0 Å². The van der Waals surface area contributed by atoms with Crippen LogP contribution in [-0.2, 0) is 0 Å². The first-order valence-corrected chi connectivity index (χ1v) is 6.21. The first-order chi connectivity index (χ1) is 8.11. The molecule has 0 atom stereocenters. The molecule has 1 aliphatic rings. The zero-order chi connectivity index (χ0) is 12.7. The molecule has 0 radical (unpaired) electrons. The van der Waals surface area contributed by atoms with E-state index in [4.69, 9.17) is 0 Å². The number of likely N-dealkylation sites (tertiary alicyclic amines) is 1. The van der Waals surface area contributed by atoms with E-state index in [9.17, 15) is 4.39 Å². The third-order valence-corrected chi connectivity index (χ3v) is 3.09. The molecule has 0 aliphatic carbocycles. The number of rotatable bonds is 5. The van der Waals surface area contributed by atoms with Crippen LogP contribution in [0, 0.1) is 0 Å². The molecule has 2 nitrogen and oxygen atoms in total. The van der Waals surface area contributed by atoms with Gasteiger partial charge in [0.25, 0.3) is 0 Å². The molecule has 0 bridgehead atoms. The summed E-state index contributed by atoms with van der Waals surface area (Å²) in [6.45, 7) is 8.62. The molecule has 1 rings (SSSR count). The Morgan fingerprint density at radius 2 is 2.06 bits per heavy atom. The van der Waals surface area contributed by atoms with Gasteiger partial charge in [0.1, 0.15) is 5.83 Å². The highest BCUT2D eigenvalue weighted by molar-refractivity contribution is 5.23. The molecule has 3 heteroatoms. The molecule has 0 spiro atoms. The van der Waals surface area contributed by atoms with E-state index >= 15 is 0 Å². The molecule has 1 saturated heterocycles. The van der Waals surface area contributed by atoms with Crippen molar-refractivity contribution in [1.82, 2.24) is 10.2 Å². The fourth-order valence-corrected chi connectivity index (χ4v) is 1.84. The number of nitrogens with zero attached hydrogens (tertiary/aromatic N) is 1. The van der Waals surface area contributed by atoms with Crippen LogP contribution in [0.4, 0.5) is 4.39 Å². The van der Waals surface area contributed by atoms with Crippen LogP contribution in [0.15, 0.2) is 36.2 Å². The molecule has 96 valence electrons. The fourth-order valence-electron chi connectivity index (χ4n) is 1.84. The van der Waals surface area contributed by atoms with Crippen molar-refractivity contribution >= 4 is 0 Å². The second-order valence-corrected chi connectivity index (χ2v) is 4.62. The van der Waals surface area contributed by atoms with E-state index in [1.54, 1.807) is 13.0 Å². The SMILES string of the molecule is C=C(/C=C\C(F)=C/C)CNC1CCN(C)CC1. The quantitative estimate of drug-likeness (QED) is 0.741. The molecule has 1 aliphatic heterocycles. The van der Waals surface area contributed by atoms with E-state index < -0.39 is 0 Å². The molecular weight excluding hydrogens is 215 g/mol. The summed E-state index contributed by atoms with van der Waals surface area (Å²) < 4.78 is 12.8. The zero-order valence-electron chi connectivity index (χ0n) is 10.9. The summed E-state index contributed by atoms with van der Waals surface area (Å²) in [5, 5.41) is 3.46. The molecule has 17 heavy (non-hydrogen) atoms. The zero-order valence-corrected chi connectivity index (χ0v) is 10.9.